The van der Waals surface area contributed by atoms with Crippen molar-refractivity contribution >= 4 is 11.9 Å². The fourth-order valence-electron chi connectivity index (χ4n) is 2.02. The number of hydrogen-bond acceptors (Lipinski definition) is 4. The molecular formula is C12H19NO3. The van der Waals surface area contributed by atoms with Crippen LogP contribution >= 0.6 is 0 Å². The number of hydrogen-bond donors (Lipinski definition) is 0. The fourth-order valence-corrected chi connectivity index (χ4v) is 2.02. The summed E-state index contributed by atoms with van der Waals surface area (Å²) < 4.78 is 10.3. The molecule has 2 rings (SSSR count). The van der Waals surface area contributed by atoms with E-state index in [1.165, 1.54) is 7.11 Å². The van der Waals surface area contributed by atoms with Crippen LogP contribution in [0.5, 0.6) is 0 Å². The number of carbonyl (C=O) groups is 1. The molecule has 0 N–H and O–H groups in total. The SMILES string of the molecule is COC(=O)CCC1(C2=NC(C)(C)CO2)CC1. The number of rotatable bonds is 4. The molecule has 1 aliphatic carbocycles. The molecule has 1 heterocycles. The van der Waals surface area contributed by atoms with Crippen LogP contribution in [-0.4, -0.2) is 31.1 Å². The van der Waals surface area contributed by atoms with Gasteiger partial charge in [0.1, 0.15) is 6.61 Å². The van der Waals surface area contributed by atoms with Crippen LogP contribution in [0.2, 0.25) is 0 Å². The highest BCUT2D eigenvalue weighted by Gasteiger charge is 2.51. The Balaban J connectivity index is 1.96. The van der Waals surface area contributed by atoms with E-state index in [4.69, 9.17) is 4.74 Å². The first-order valence-electron chi connectivity index (χ1n) is 5.77. The molecule has 0 radical (unpaired) electrons. The summed E-state index contributed by atoms with van der Waals surface area (Å²) in [5, 5.41) is 0. The van der Waals surface area contributed by atoms with Crippen LogP contribution in [0.25, 0.3) is 0 Å². The van der Waals surface area contributed by atoms with Gasteiger partial charge < -0.3 is 9.47 Å². The van der Waals surface area contributed by atoms with Crippen LogP contribution in [0, 0.1) is 5.41 Å². The van der Waals surface area contributed by atoms with Crippen molar-refractivity contribution < 1.29 is 14.3 Å². The van der Waals surface area contributed by atoms with Gasteiger partial charge in [-0.15, -0.1) is 0 Å². The monoisotopic (exact) mass is 225 g/mol. The van der Waals surface area contributed by atoms with Crippen LogP contribution < -0.4 is 0 Å². The number of ether oxygens (including phenoxy) is 2. The smallest absolute Gasteiger partial charge is 0.305 e. The Kier molecular flexibility index (Phi) is 2.68. The number of nitrogens with zero attached hydrogens (tertiary/aromatic N) is 1. The molecule has 0 spiro atoms. The van der Waals surface area contributed by atoms with Gasteiger partial charge in [0.15, 0.2) is 5.90 Å². The van der Waals surface area contributed by atoms with Crippen molar-refractivity contribution in [2.45, 2.75) is 45.1 Å². The van der Waals surface area contributed by atoms with Gasteiger partial charge in [-0.1, -0.05) is 0 Å². The second-order valence-electron chi connectivity index (χ2n) is 5.37. The average Bonchev–Trinajstić information content (AvgIpc) is 2.94. The van der Waals surface area contributed by atoms with Gasteiger partial charge in [0.25, 0.3) is 0 Å². The van der Waals surface area contributed by atoms with Crippen molar-refractivity contribution in [1.29, 1.82) is 0 Å². The molecule has 0 unspecified atom stereocenters. The summed E-state index contributed by atoms with van der Waals surface area (Å²) in [6, 6.07) is 0. The molecule has 2 aliphatic rings. The lowest BCUT2D eigenvalue weighted by atomic mass is 10.00. The molecule has 0 amide bonds. The van der Waals surface area contributed by atoms with E-state index in [0.29, 0.717) is 13.0 Å². The van der Waals surface area contributed by atoms with E-state index in [1.54, 1.807) is 0 Å². The maximum atomic E-state index is 11.1. The van der Waals surface area contributed by atoms with Crippen molar-refractivity contribution in [3.63, 3.8) is 0 Å². The molecule has 1 fully saturated rings. The van der Waals surface area contributed by atoms with Gasteiger partial charge in [-0.05, 0) is 33.1 Å². The number of aliphatic imine (C=N–C) groups is 1. The highest BCUT2D eigenvalue weighted by molar-refractivity contribution is 5.87. The molecule has 1 aliphatic heterocycles. The summed E-state index contributed by atoms with van der Waals surface area (Å²) >= 11 is 0. The first kappa shape index (κ1) is 11.4. The summed E-state index contributed by atoms with van der Waals surface area (Å²) in [6.07, 6.45) is 3.42. The van der Waals surface area contributed by atoms with Gasteiger partial charge in [0.05, 0.1) is 12.6 Å². The summed E-state index contributed by atoms with van der Waals surface area (Å²) in [5.41, 5.74) is -0.0574. The minimum atomic E-state index is -0.149. The minimum Gasteiger partial charge on any atom is -0.478 e. The van der Waals surface area contributed by atoms with Crippen molar-refractivity contribution in [2.75, 3.05) is 13.7 Å². The van der Waals surface area contributed by atoms with Crippen LogP contribution in [0.3, 0.4) is 0 Å². The van der Waals surface area contributed by atoms with Gasteiger partial charge >= 0.3 is 5.97 Å². The predicted octanol–water partition coefficient (Wildman–Crippen LogP) is 1.93. The molecule has 90 valence electrons. The zero-order chi connectivity index (χ0) is 11.8. The number of esters is 1. The van der Waals surface area contributed by atoms with Gasteiger partial charge in [0, 0.05) is 11.8 Å². The minimum absolute atomic E-state index is 0.0436. The average molecular weight is 225 g/mol. The van der Waals surface area contributed by atoms with E-state index >= 15 is 0 Å². The Morgan fingerprint density at radius 3 is 2.62 bits per heavy atom. The third-order valence-corrected chi connectivity index (χ3v) is 3.31. The van der Waals surface area contributed by atoms with E-state index < -0.39 is 0 Å². The van der Waals surface area contributed by atoms with Crippen molar-refractivity contribution in [3.05, 3.63) is 0 Å². The lowest BCUT2D eigenvalue weighted by Gasteiger charge is -2.13. The van der Waals surface area contributed by atoms with Crippen LogP contribution in [0.1, 0.15) is 39.5 Å². The first-order chi connectivity index (χ1) is 7.47. The molecule has 0 aromatic heterocycles. The van der Waals surface area contributed by atoms with E-state index in [0.717, 1.165) is 25.2 Å². The maximum absolute atomic E-state index is 11.1. The lowest BCUT2D eigenvalue weighted by Crippen LogP contribution is -2.18. The molecule has 0 saturated heterocycles. The second-order valence-corrected chi connectivity index (χ2v) is 5.37. The van der Waals surface area contributed by atoms with E-state index in [2.05, 4.69) is 23.6 Å². The highest BCUT2D eigenvalue weighted by atomic mass is 16.5. The number of methoxy groups -OCH3 is 1. The quantitative estimate of drug-likeness (QED) is 0.687. The maximum Gasteiger partial charge on any atom is 0.305 e. The predicted molar refractivity (Wildman–Crippen MR) is 60.4 cm³/mol. The topological polar surface area (TPSA) is 47.9 Å². The van der Waals surface area contributed by atoms with Crippen molar-refractivity contribution in [2.24, 2.45) is 10.4 Å². The zero-order valence-electron chi connectivity index (χ0n) is 10.2. The molecular weight excluding hydrogens is 206 g/mol. The Morgan fingerprint density at radius 2 is 2.19 bits per heavy atom. The second kappa shape index (κ2) is 3.75. The Morgan fingerprint density at radius 1 is 1.50 bits per heavy atom. The molecule has 16 heavy (non-hydrogen) atoms. The molecule has 4 heteroatoms. The Hall–Kier alpha value is -1.06. The van der Waals surface area contributed by atoms with E-state index in [-0.39, 0.29) is 16.9 Å². The van der Waals surface area contributed by atoms with Crippen LogP contribution in [-0.2, 0) is 14.3 Å². The lowest BCUT2D eigenvalue weighted by molar-refractivity contribution is -0.140. The van der Waals surface area contributed by atoms with Crippen molar-refractivity contribution in [3.8, 4) is 0 Å². The molecule has 4 nitrogen and oxygen atoms in total. The summed E-state index contributed by atoms with van der Waals surface area (Å²) in [6.45, 7) is 4.79. The largest absolute Gasteiger partial charge is 0.478 e. The zero-order valence-corrected chi connectivity index (χ0v) is 10.2. The summed E-state index contributed by atoms with van der Waals surface area (Å²) in [5.74, 6) is 0.713. The van der Waals surface area contributed by atoms with Crippen molar-refractivity contribution in [1.82, 2.24) is 0 Å². The Labute approximate surface area is 96.0 Å². The third kappa shape index (κ3) is 2.20. The summed E-state index contributed by atoms with van der Waals surface area (Å²) in [7, 11) is 1.43. The first-order valence-corrected chi connectivity index (χ1v) is 5.77. The molecule has 0 atom stereocenters. The number of carbonyl (C=O) groups excluding carboxylic acids is 1. The van der Waals surface area contributed by atoms with Crippen LogP contribution in [0.15, 0.2) is 4.99 Å². The van der Waals surface area contributed by atoms with Gasteiger partial charge in [-0.3, -0.25) is 4.79 Å². The van der Waals surface area contributed by atoms with Gasteiger partial charge in [-0.2, -0.15) is 0 Å². The van der Waals surface area contributed by atoms with Gasteiger partial charge in [0.2, 0.25) is 0 Å². The molecule has 0 aromatic carbocycles. The normalized spacial score (nSPS) is 24.6. The molecule has 0 bridgehead atoms. The Bertz CT molecular complexity index is 329. The fraction of sp³-hybridized carbons (Fsp3) is 0.833. The highest BCUT2D eigenvalue weighted by Crippen LogP contribution is 2.52. The summed E-state index contributed by atoms with van der Waals surface area (Å²) in [4.78, 5) is 15.7. The third-order valence-electron chi connectivity index (χ3n) is 3.31. The van der Waals surface area contributed by atoms with E-state index in [1.807, 2.05) is 0 Å². The van der Waals surface area contributed by atoms with Gasteiger partial charge in [-0.25, -0.2) is 4.99 Å². The molecule has 0 aromatic rings. The van der Waals surface area contributed by atoms with Crippen LogP contribution in [0.4, 0.5) is 0 Å². The van der Waals surface area contributed by atoms with E-state index in [9.17, 15) is 4.79 Å². The molecule has 1 saturated carbocycles. The standard InChI is InChI=1S/C12H19NO3/c1-11(2)8-16-10(13-11)12(6-7-12)5-4-9(14)15-3/h4-8H2,1-3H3.